The molecule has 0 aromatic rings. The van der Waals surface area contributed by atoms with E-state index >= 15 is 4.39 Å². The van der Waals surface area contributed by atoms with E-state index < -0.39 is 49.5 Å². The van der Waals surface area contributed by atoms with Crippen LogP contribution in [0.5, 0.6) is 0 Å². The van der Waals surface area contributed by atoms with Crippen LogP contribution >= 0.6 is 7.60 Å². The maximum atomic E-state index is 15.1. The molecule has 1 aliphatic rings. The minimum absolute atomic E-state index is 0.0732. The van der Waals surface area contributed by atoms with E-state index in [9.17, 15) is 19.7 Å². The Balaban J connectivity index is 2.93. The van der Waals surface area contributed by atoms with E-state index in [-0.39, 0.29) is 19.3 Å². The van der Waals surface area contributed by atoms with Crippen molar-refractivity contribution in [2.75, 3.05) is 7.11 Å². The van der Waals surface area contributed by atoms with Crippen LogP contribution in [0.4, 0.5) is 4.39 Å². The third-order valence-electron chi connectivity index (χ3n) is 4.63. The zero-order valence-corrected chi connectivity index (χ0v) is 15.4. The second kappa shape index (κ2) is 8.12. The van der Waals surface area contributed by atoms with Gasteiger partial charge in [0.25, 0.3) is 0 Å². The lowest BCUT2D eigenvalue weighted by molar-refractivity contribution is -0.126. The van der Waals surface area contributed by atoms with Gasteiger partial charge in [-0.3, -0.25) is 9.09 Å². The molecule has 0 saturated carbocycles. The third kappa shape index (κ3) is 4.39. The fourth-order valence-electron chi connectivity index (χ4n) is 2.71. The van der Waals surface area contributed by atoms with Crippen LogP contribution in [0.3, 0.4) is 0 Å². The van der Waals surface area contributed by atoms with Crippen LogP contribution in [0.15, 0.2) is 0 Å². The summed E-state index contributed by atoms with van der Waals surface area (Å²) >= 11 is 0. The van der Waals surface area contributed by atoms with Crippen molar-refractivity contribution in [1.82, 2.24) is 0 Å². The second-order valence-corrected chi connectivity index (χ2v) is 8.13. The SMILES string of the molecule is [B][C@@H]1O[C@H](CC(F)(CC)OP(=O)(O)C(O)(CC)CC)[C@@H](O)[C@H]1OC. The first kappa shape index (κ1) is 22.0. The zero-order valence-electron chi connectivity index (χ0n) is 14.5. The number of hydrogen-bond donors (Lipinski definition) is 3. The Morgan fingerprint density at radius 2 is 1.83 bits per heavy atom. The lowest BCUT2D eigenvalue weighted by Gasteiger charge is -2.36. The van der Waals surface area contributed by atoms with Gasteiger partial charge in [0.15, 0.2) is 5.34 Å². The fourth-order valence-corrected chi connectivity index (χ4v) is 4.33. The van der Waals surface area contributed by atoms with Crippen LogP contribution in [0.1, 0.15) is 46.5 Å². The number of rotatable bonds is 9. The molecule has 6 atom stereocenters. The molecule has 0 aromatic carbocycles. The number of aliphatic hydroxyl groups excluding tert-OH is 1. The molecule has 0 aromatic heterocycles. The van der Waals surface area contributed by atoms with Crippen molar-refractivity contribution in [3.63, 3.8) is 0 Å². The minimum Gasteiger partial charge on any atom is -0.388 e. The van der Waals surface area contributed by atoms with Gasteiger partial charge in [0.2, 0.25) is 5.85 Å². The van der Waals surface area contributed by atoms with Gasteiger partial charge < -0.3 is 24.6 Å². The topological polar surface area (TPSA) is 105 Å². The summed E-state index contributed by atoms with van der Waals surface area (Å²) in [5.74, 6) is -2.57. The quantitative estimate of drug-likeness (QED) is 0.418. The van der Waals surface area contributed by atoms with E-state index in [1.165, 1.54) is 27.9 Å². The van der Waals surface area contributed by atoms with Gasteiger partial charge in [0.1, 0.15) is 20.1 Å². The molecular weight excluding hydrogens is 341 g/mol. The molecule has 24 heavy (non-hydrogen) atoms. The molecule has 1 aliphatic heterocycles. The Morgan fingerprint density at radius 3 is 2.21 bits per heavy atom. The third-order valence-corrected chi connectivity index (χ3v) is 6.88. The van der Waals surface area contributed by atoms with Crippen LogP contribution in [0, 0.1) is 0 Å². The number of ether oxygens (including phenoxy) is 2. The monoisotopic (exact) mass is 368 g/mol. The van der Waals surface area contributed by atoms with Crippen molar-refractivity contribution in [2.24, 2.45) is 0 Å². The van der Waals surface area contributed by atoms with Gasteiger partial charge in [-0.1, -0.05) is 20.8 Å². The lowest BCUT2D eigenvalue weighted by atomic mass is 9.92. The normalized spacial score (nSPS) is 33.2. The molecule has 1 fully saturated rings. The van der Waals surface area contributed by atoms with E-state index in [0.717, 1.165) is 0 Å². The molecule has 0 bridgehead atoms. The number of aliphatic hydroxyl groups is 2. The van der Waals surface area contributed by atoms with Gasteiger partial charge >= 0.3 is 7.60 Å². The molecule has 140 valence electrons. The molecule has 1 rings (SSSR count). The van der Waals surface area contributed by atoms with Crippen LogP contribution in [-0.4, -0.2) is 65.6 Å². The Bertz CT molecular complexity index is 464. The van der Waals surface area contributed by atoms with Crippen LogP contribution in [0.25, 0.3) is 0 Å². The van der Waals surface area contributed by atoms with E-state index in [0.29, 0.717) is 0 Å². The number of hydrogen-bond acceptors (Lipinski definition) is 6. The molecule has 0 amide bonds. The first-order chi connectivity index (χ1) is 11.0. The number of halogens is 1. The van der Waals surface area contributed by atoms with Crippen molar-refractivity contribution in [3.05, 3.63) is 0 Å². The molecule has 1 saturated heterocycles. The van der Waals surface area contributed by atoms with Crippen molar-refractivity contribution < 1.29 is 38.1 Å². The highest BCUT2D eigenvalue weighted by atomic mass is 31.2. The Morgan fingerprint density at radius 1 is 1.29 bits per heavy atom. The molecule has 2 radical (unpaired) electrons. The van der Waals surface area contributed by atoms with Crippen LogP contribution in [0.2, 0.25) is 0 Å². The average Bonchev–Trinajstić information content (AvgIpc) is 2.78. The molecule has 10 heteroatoms. The van der Waals surface area contributed by atoms with E-state index in [4.69, 9.17) is 21.8 Å². The Hall–Kier alpha value is -0.0151. The van der Waals surface area contributed by atoms with Gasteiger partial charge in [0.05, 0.1) is 6.10 Å². The summed E-state index contributed by atoms with van der Waals surface area (Å²) in [6.45, 7) is 4.44. The highest BCUT2D eigenvalue weighted by Gasteiger charge is 2.52. The summed E-state index contributed by atoms with van der Waals surface area (Å²) in [5, 5.41) is 18.3. The fraction of sp³-hybridized carbons (Fsp3) is 1.00. The summed E-state index contributed by atoms with van der Waals surface area (Å²) in [6, 6.07) is -0.944. The van der Waals surface area contributed by atoms with Gasteiger partial charge in [-0.05, 0) is 12.8 Å². The highest BCUT2D eigenvalue weighted by Crippen LogP contribution is 2.60. The van der Waals surface area contributed by atoms with Crippen molar-refractivity contribution in [3.8, 4) is 0 Å². The van der Waals surface area contributed by atoms with Crippen LogP contribution < -0.4 is 0 Å². The molecule has 0 aliphatic carbocycles. The van der Waals surface area contributed by atoms with Gasteiger partial charge in [-0.25, -0.2) is 4.39 Å². The predicted molar refractivity (Wildman–Crippen MR) is 86.4 cm³/mol. The lowest BCUT2D eigenvalue weighted by Crippen LogP contribution is -2.40. The van der Waals surface area contributed by atoms with E-state index in [1.54, 1.807) is 0 Å². The second-order valence-electron chi connectivity index (χ2n) is 6.07. The van der Waals surface area contributed by atoms with Crippen LogP contribution in [-0.2, 0) is 18.6 Å². The summed E-state index contributed by atoms with van der Waals surface area (Å²) in [6.07, 6.45) is -4.05. The van der Waals surface area contributed by atoms with Crippen molar-refractivity contribution in [2.45, 2.75) is 82.0 Å². The van der Waals surface area contributed by atoms with Gasteiger partial charge in [-0.2, -0.15) is 0 Å². The predicted octanol–water partition coefficient (Wildman–Crippen LogP) is 1.43. The average molecular weight is 368 g/mol. The van der Waals surface area contributed by atoms with Gasteiger partial charge in [-0.15, -0.1) is 0 Å². The first-order valence-electron chi connectivity index (χ1n) is 8.06. The molecular formula is C14H27BFO7P. The number of methoxy groups -OCH3 is 1. The molecule has 0 spiro atoms. The molecule has 7 nitrogen and oxygen atoms in total. The summed E-state index contributed by atoms with van der Waals surface area (Å²) in [4.78, 5) is 10.1. The largest absolute Gasteiger partial charge is 0.388 e. The number of alkyl halides is 1. The van der Waals surface area contributed by atoms with Crippen molar-refractivity contribution in [1.29, 1.82) is 0 Å². The first-order valence-corrected chi connectivity index (χ1v) is 9.63. The van der Waals surface area contributed by atoms with Gasteiger partial charge in [0, 0.05) is 26.0 Å². The van der Waals surface area contributed by atoms with E-state index in [1.807, 2.05) is 0 Å². The summed E-state index contributed by atoms with van der Waals surface area (Å²) in [5.41, 5.74) is 0. The Kier molecular flexibility index (Phi) is 7.45. The smallest absolute Gasteiger partial charge is 0.362 e. The molecule has 3 N–H and O–H groups in total. The highest BCUT2D eigenvalue weighted by molar-refractivity contribution is 7.54. The Labute approximate surface area is 143 Å². The van der Waals surface area contributed by atoms with E-state index in [2.05, 4.69) is 0 Å². The molecule has 2 unspecified atom stereocenters. The summed E-state index contributed by atoms with van der Waals surface area (Å²) < 4.78 is 42.6. The standard InChI is InChI=1S/C14H27BFO7P/c1-5-13(16,23-24(19,20)14(18,6-2)7-3)8-9-10(17)11(21-4)12(15)22-9/h9-12,17-18H,5-8H2,1-4H3,(H,19,20)/t9-,10-,11-,12-,13?/m1/s1. The van der Waals surface area contributed by atoms with Crippen molar-refractivity contribution >= 4 is 15.4 Å². The maximum Gasteiger partial charge on any atom is 0.362 e. The zero-order chi connectivity index (χ0) is 18.8. The minimum atomic E-state index is -4.69. The maximum absolute atomic E-state index is 15.1. The molecule has 1 heterocycles. The summed E-state index contributed by atoms with van der Waals surface area (Å²) in [7, 11) is 2.31.